The SMILES string of the molecule is CN(C)Cc1nc2c(sc3ccc(C#CCCCCCl)cc32)c(=O)[nH]1. The average molecular weight is 374 g/mol. The molecule has 4 nitrogen and oxygen atoms in total. The van der Waals surface area contributed by atoms with Crippen LogP contribution < -0.4 is 5.56 Å². The molecule has 0 saturated heterocycles. The molecule has 3 aromatic rings. The number of fused-ring (bicyclic) bond motifs is 3. The molecule has 25 heavy (non-hydrogen) atoms. The molecule has 0 radical (unpaired) electrons. The van der Waals surface area contributed by atoms with Gasteiger partial charge in [0.25, 0.3) is 5.56 Å². The Morgan fingerprint density at radius 2 is 2.16 bits per heavy atom. The van der Waals surface area contributed by atoms with Gasteiger partial charge in [-0.1, -0.05) is 11.8 Å². The fourth-order valence-electron chi connectivity index (χ4n) is 2.62. The normalized spacial score (nSPS) is 11.2. The summed E-state index contributed by atoms with van der Waals surface area (Å²) in [6.07, 6.45) is 2.86. The van der Waals surface area contributed by atoms with Crippen LogP contribution in [0.25, 0.3) is 20.3 Å². The monoisotopic (exact) mass is 373 g/mol. The van der Waals surface area contributed by atoms with Gasteiger partial charge in [0.05, 0.1) is 12.1 Å². The number of aromatic nitrogens is 2. The van der Waals surface area contributed by atoms with Crippen LogP contribution in [0.5, 0.6) is 0 Å². The van der Waals surface area contributed by atoms with Crippen molar-refractivity contribution in [1.29, 1.82) is 0 Å². The van der Waals surface area contributed by atoms with E-state index in [2.05, 4.69) is 21.8 Å². The summed E-state index contributed by atoms with van der Waals surface area (Å²) in [7, 11) is 3.90. The van der Waals surface area contributed by atoms with Crippen molar-refractivity contribution >= 4 is 43.2 Å². The summed E-state index contributed by atoms with van der Waals surface area (Å²) in [5.74, 6) is 7.76. The Bertz CT molecular complexity index is 1010. The Balaban J connectivity index is 2.01. The van der Waals surface area contributed by atoms with Crippen LogP contribution in [-0.4, -0.2) is 34.8 Å². The lowest BCUT2D eigenvalue weighted by Gasteiger charge is -2.08. The Morgan fingerprint density at radius 1 is 1.32 bits per heavy atom. The first-order valence-electron chi connectivity index (χ1n) is 8.23. The molecule has 1 aromatic carbocycles. The maximum atomic E-state index is 12.4. The number of H-pyrrole nitrogens is 1. The third-order valence-corrected chi connectivity index (χ3v) is 5.18. The van der Waals surface area contributed by atoms with E-state index in [9.17, 15) is 4.79 Å². The van der Waals surface area contributed by atoms with E-state index in [1.165, 1.54) is 11.3 Å². The van der Waals surface area contributed by atoms with Crippen molar-refractivity contribution in [3.05, 3.63) is 39.9 Å². The van der Waals surface area contributed by atoms with E-state index in [0.717, 1.165) is 40.4 Å². The molecule has 0 saturated carbocycles. The van der Waals surface area contributed by atoms with Crippen LogP contribution in [0.1, 0.15) is 30.7 Å². The summed E-state index contributed by atoms with van der Waals surface area (Å²) >= 11 is 7.15. The number of alkyl halides is 1. The number of nitrogens with one attached hydrogen (secondary N) is 1. The molecule has 0 atom stereocenters. The highest BCUT2D eigenvalue weighted by molar-refractivity contribution is 7.25. The zero-order valence-corrected chi connectivity index (χ0v) is 15.9. The minimum Gasteiger partial charge on any atom is -0.308 e. The number of nitrogens with zero attached hydrogens (tertiary/aromatic N) is 2. The molecule has 0 amide bonds. The van der Waals surface area contributed by atoms with Gasteiger partial charge in [-0.05, 0) is 45.1 Å². The minimum atomic E-state index is -0.0724. The van der Waals surface area contributed by atoms with Gasteiger partial charge in [-0.3, -0.25) is 4.79 Å². The van der Waals surface area contributed by atoms with Crippen molar-refractivity contribution in [3.63, 3.8) is 0 Å². The van der Waals surface area contributed by atoms with Crippen LogP contribution in [0.15, 0.2) is 23.0 Å². The molecule has 2 heterocycles. The van der Waals surface area contributed by atoms with E-state index in [-0.39, 0.29) is 5.56 Å². The second-order valence-corrected chi connectivity index (χ2v) is 7.62. The average Bonchev–Trinajstić information content (AvgIpc) is 2.93. The van der Waals surface area contributed by atoms with Crippen LogP contribution in [0.4, 0.5) is 0 Å². The van der Waals surface area contributed by atoms with Gasteiger partial charge >= 0.3 is 0 Å². The summed E-state index contributed by atoms with van der Waals surface area (Å²) in [4.78, 5) is 21.9. The van der Waals surface area contributed by atoms with Crippen molar-refractivity contribution in [1.82, 2.24) is 14.9 Å². The fourth-order valence-corrected chi connectivity index (χ4v) is 3.83. The number of benzene rings is 1. The van der Waals surface area contributed by atoms with Crippen LogP contribution in [0, 0.1) is 11.8 Å². The summed E-state index contributed by atoms with van der Waals surface area (Å²) < 4.78 is 1.73. The molecule has 0 aliphatic rings. The first kappa shape index (κ1) is 17.9. The number of halogens is 1. The number of rotatable bonds is 5. The second kappa shape index (κ2) is 8.01. The Kier molecular flexibility index (Phi) is 5.74. The lowest BCUT2D eigenvalue weighted by molar-refractivity contribution is 0.390. The van der Waals surface area contributed by atoms with E-state index in [1.54, 1.807) is 0 Å². The third-order valence-electron chi connectivity index (χ3n) is 3.76. The largest absolute Gasteiger partial charge is 0.308 e. The number of hydrogen-bond acceptors (Lipinski definition) is 4. The maximum Gasteiger partial charge on any atom is 0.268 e. The Labute approximate surface area is 155 Å². The molecule has 0 aliphatic carbocycles. The second-order valence-electron chi connectivity index (χ2n) is 6.19. The predicted octanol–water partition coefficient (Wildman–Crippen LogP) is 3.96. The lowest BCUT2D eigenvalue weighted by atomic mass is 10.1. The zero-order chi connectivity index (χ0) is 17.8. The van der Waals surface area contributed by atoms with E-state index < -0.39 is 0 Å². The minimum absolute atomic E-state index is 0.0724. The number of hydrogen-bond donors (Lipinski definition) is 1. The number of unbranched alkanes of at least 4 members (excludes halogenated alkanes) is 2. The summed E-state index contributed by atoms with van der Waals surface area (Å²) in [5.41, 5.74) is 1.65. The summed E-state index contributed by atoms with van der Waals surface area (Å²) in [5, 5.41) is 0.999. The molecule has 0 spiro atoms. The first-order valence-corrected chi connectivity index (χ1v) is 9.58. The van der Waals surface area contributed by atoms with Gasteiger partial charge in [0.1, 0.15) is 10.5 Å². The van der Waals surface area contributed by atoms with E-state index in [1.807, 2.05) is 37.2 Å². The molecular formula is C19H20ClN3OS. The van der Waals surface area contributed by atoms with E-state index in [4.69, 9.17) is 11.6 Å². The van der Waals surface area contributed by atoms with Crippen molar-refractivity contribution in [2.45, 2.75) is 25.8 Å². The summed E-state index contributed by atoms with van der Waals surface area (Å²) in [6.45, 7) is 0.600. The first-order chi connectivity index (χ1) is 12.1. The van der Waals surface area contributed by atoms with Crippen LogP contribution in [0.2, 0.25) is 0 Å². The van der Waals surface area contributed by atoms with Gasteiger partial charge in [0.2, 0.25) is 0 Å². The predicted molar refractivity (Wildman–Crippen MR) is 107 cm³/mol. The molecule has 6 heteroatoms. The van der Waals surface area contributed by atoms with Crippen molar-refractivity contribution in [2.24, 2.45) is 0 Å². The van der Waals surface area contributed by atoms with Gasteiger partial charge < -0.3 is 9.88 Å². The topological polar surface area (TPSA) is 49.0 Å². The lowest BCUT2D eigenvalue weighted by Crippen LogP contribution is -2.17. The molecule has 0 bridgehead atoms. The summed E-state index contributed by atoms with van der Waals surface area (Å²) in [6, 6.07) is 6.06. The van der Waals surface area contributed by atoms with Crippen LogP contribution in [0.3, 0.4) is 0 Å². The highest BCUT2D eigenvalue weighted by Crippen LogP contribution is 2.31. The number of thiophene rings is 1. The molecular weight excluding hydrogens is 354 g/mol. The fraction of sp³-hybridized carbons (Fsp3) is 0.368. The highest BCUT2D eigenvalue weighted by Gasteiger charge is 2.12. The van der Waals surface area contributed by atoms with Gasteiger partial charge in [0.15, 0.2) is 0 Å². The van der Waals surface area contributed by atoms with Gasteiger partial charge in [-0.15, -0.1) is 22.9 Å². The maximum absolute atomic E-state index is 12.4. The zero-order valence-electron chi connectivity index (χ0n) is 14.4. The number of aromatic amines is 1. The van der Waals surface area contributed by atoms with Crippen molar-refractivity contribution < 1.29 is 0 Å². The van der Waals surface area contributed by atoms with E-state index in [0.29, 0.717) is 22.9 Å². The van der Waals surface area contributed by atoms with E-state index >= 15 is 0 Å². The standard InChI is InChI=1S/C19H20ClN3OS/c1-23(2)12-16-21-17-14-11-13(7-5-3-4-6-10-20)8-9-15(14)25-18(17)19(24)22-16/h8-9,11H,3-4,6,10,12H2,1-2H3,(H,21,22,24). The Morgan fingerprint density at radius 3 is 2.92 bits per heavy atom. The smallest absolute Gasteiger partial charge is 0.268 e. The van der Waals surface area contributed by atoms with Gasteiger partial charge in [-0.2, -0.15) is 0 Å². The molecule has 1 N–H and O–H groups in total. The quantitative estimate of drug-likeness (QED) is 0.418. The molecule has 130 valence electrons. The van der Waals surface area contributed by atoms with Gasteiger partial charge in [-0.25, -0.2) is 4.98 Å². The molecule has 0 aliphatic heterocycles. The Hall–Kier alpha value is -1.87. The van der Waals surface area contributed by atoms with Crippen molar-refractivity contribution in [2.75, 3.05) is 20.0 Å². The molecule has 3 rings (SSSR count). The third kappa shape index (κ3) is 4.21. The van der Waals surface area contributed by atoms with Crippen LogP contribution >= 0.6 is 22.9 Å². The van der Waals surface area contributed by atoms with Crippen molar-refractivity contribution in [3.8, 4) is 11.8 Å². The molecule has 2 aromatic heterocycles. The molecule has 0 unspecified atom stereocenters. The molecule has 0 fully saturated rings. The highest BCUT2D eigenvalue weighted by atomic mass is 35.5. The van der Waals surface area contributed by atoms with Crippen LogP contribution in [-0.2, 0) is 6.54 Å². The van der Waals surface area contributed by atoms with Gasteiger partial charge in [0, 0.05) is 28.0 Å².